The summed E-state index contributed by atoms with van der Waals surface area (Å²) in [5, 5.41) is 0.547. The van der Waals surface area contributed by atoms with Crippen molar-refractivity contribution >= 4 is 39.0 Å². The number of ketones is 1. The van der Waals surface area contributed by atoms with E-state index >= 15 is 0 Å². The number of benzene rings is 1. The number of carbonyl (C=O) groups is 1. The maximum Gasteiger partial charge on any atom is 0.147 e. The number of Topliss-reactive ketones (excluding diaryl/α,β-unsaturated/α-hetero) is 1. The van der Waals surface area contributed by atoms with Crippen LogP contribution in [0, 0.1) is 0 Å². The molecule has 70 valence electrons. The SMILES string of the molecule is CC(=O)C(Br)c1cc(N)ccc1Cl. The Labute approximate surface area is 90.2 Å². The minimum atomic E-state index is -0.372. The zero-order chi connectivity index (χ0) is 10.0. The van der Waals surface area contributed by atoms with E-state index in [1.807, 2.05) is 0 Å². The summed E-state index contributed by atoms with van der Waals surface area (Å²) in [7, 11) is 0. The fraction of sp³-hybridized carbons (Fsp3) is 0.222. The molecule has 0 aromatic heterocycles. The molecule has 0 amide bonds. The first kappa shape index (κ1) is 10.5. The predicted molar refractivity (Wildman–Crippen MR) is 58.2 cm³/mol. The molecular weight excluding hydrogens is 253 g/mol. The average Bonchev–Trinajstić information content (AvgIpc) is 2.08. The normalized spacial score (nSPS) is 12.5. The Morgan fingerprint density at radius 3 is 2.77 bits per heavy atom. The van der Waals surface area contributed by atoms with E-state index in [-0.39, 0.29) is 10.6 Å². The quantitative estimate of drug-likeness (QED) is 0.658. The Hall–Kier alpha value is -0.540. The molecule has 0 saturated carbocycles. The number of halogens is 2. The Bertz CT molecular complexity index is 340. The summed E-state index contributed by atoms with van der Waals surface area (Å²) in [4.78, 5) is 10.7. The zero-order valence-electron chi connectivity index (χ0n) is 7.05. The molecule has 1 rings (SSSR count). The van der Waals surface area contributed by atoms with Crippen LogP contribution in [0.2, 0.25) is 5.02 Å². The van der Waals surface area contributed by atoms with E-state index in [2.05, 4.69) is 15.9 Å². The lowest BCUT2D eigenvalue weighted by Gasteiger charge is -2.08. The standard InChI is InChI=1S/C9H9BrClNO/c1-5(13)9(10)7-4-6(12)2-3-8(7)11/h2-4,9H,12H2,1H3. The van der Waals surface area contributed by atoms with Crippen molar-refractivity contribution in [2.24, 2.45) is 0 Å². The van der Waals surface area contributed by atoms with E-state index in [1.165, 1.54) is 6.92 Å². The van der Waals surface area contributed by atoms with Crippen molar-refractivity contribution in [2.75, 3.05) is 5.73 Å². The Morgan fingerprint density at radius 1 is 1.62 bits per heavy atom. The number of hydrogen-bond acceptors (Lipinski definition) is 2. The third kappa shape index (κ3) is 2.45. The average molecular weight is 263 g/mol. The van der Waals surface area contributed by atoms with Gasteiger partial charge in [0, 0.05) is 10.7 Å². The summed E-state index contributed by atoms with van der Waals surface area (Å²) in [5.41, 5.74) is 6.89. The van der Waals surface area contributed by atoms with Gasteiger partial charge in [-0.1, -0.05) is 27.5 Å². The van der Waals surface area contributed by atoms with Gasteiger partial charge in [-0.25, -0.2) is 0 Å². The molecule has 1 aromatic carbocycles. The molecule has 0 aliphatic rings. The predicted octanol–water partition coefficient (Wildman–Crippen LogP) is 2.95. The number of nitrogen functional groups attached to an aromatic ring is 1. The molecule has 0 fully saturated rings. The van der Waals surface area contributed by atoms with Crippen molar-refractivity contribution in [3.63, 3.8) is 0 Å². The van der Waals surface area contributed by atoms with Crippen LogP contribution in [-0.2, 0) is 4.79 Å². The molecule has 1 atom stereocenters. The molecule has 2 nitrogen and oxygen atoms in total. The van der Waals surface area contributed by atoms with Gasteiger partial charge in [-0.3, -0.25) is 4.79 Å². The molecule has 0 aliphatic carbocycles. The third-order valence-corrected chi connectivity index (χ3v) is 3.13. The Kier molecular flexibility index (Phi) is 3.33. The number of rotatable bonds is 2. The number of hydrogen-bond donors (Lipinski definition) is 1. The van der Waals surface area contributed by atoms with Crippen LogP contribution in [0.5, 0.6) is 0 Å². The van der Waals surface area contributed by atoms with Gasteiger partial charge in [0.2, 0.25) is 0 Å². The van der Waals surface area contributed by atoms with Gasteiger partial charge in [0.1, 0.15) is 5.78 Å². The number of alkyl halides is 1. The highest BCUT2D eigenvalue weighted by Crippen LogP contribution is 2.31. The van der Waals surface area contributed by atoms with Crippen LogP contribution in [-0.4, -0.2) is 5.78 Å². The molecular formula is C9H9BrClNO. The van der Waals surface area contributed by atoms with E-state index in [4.69, 9.17) is 17.3 Å². The Morgan fingerprint density at radius 2 is 2.23 bits per heavy atom. The zero-order valence-corrected chi connectivity index (χ0v) is 9.39. The van der Waals surface area contributed by atoms with Gasteiger partial charge in [0.15, 0.2) is 0 Å². The van der Waals surface area contributed by atoms with Crippen LogP contribution in [0.1, 0.15) is 17.3 Å². The third-order valence-electron chi connectivity index (χ3n) is 1.65. The van der Waals surface area contributed by atoms with Crippen molar-refractivity contribution in [3.05, 3.63) is 28.8 Å². The summed E-state index contributed by atoms with van der Waals surface area (Å²) < 4.78 is 0. The van der Waals surface area contributed by atoms with Gasteiger partial charge in [-0.05, 0) is 30.7 Å². The van der Waals surface area contributed by atoms with Crippen LogP contribution in [0.15, 0.2) is 18.2 Å². The summed E-state index contributed by atoms with van der Waals surface area (Å²) >= 11 is 9.14. The highest BCUT2D eigenvalue weighted by molar-refractivity contribution is 9.09. The van der Waals surface area contributed by atoms with Gasteiger partial charge in [0.05, 0.1) is 4.83 Å². The minimum Gasteiger partial charge on any atom is -0.399 e. The lowest BCUT2D eigenvalue weighted by atomic mass is 10.1. The van der Waals surface area contributed by atoms with Crippen molar-refractivity contribution in [2.45, 2.75) is 11.8 Å². The van der Waals surface area contributed by atoms with Crippen molar-refractivity contribution in [3.8, 4) is 0 Å². The number of nitrogens with two attached hydrogens (primary N) is 1. The lowest BCUT2D eigenvalue weighted by Crippen LogP contribution is -2.02. The van der Waals surface area contributed by atoms with E-state index in [1.54, 1.807) is 18.2 Å². The lowest BCUT2D eigenvalue weighted by molar-refractivity contribution is -0.116. The summed E-state index contributed by atoms with van der Waals surface area (Å²) in [6, 6.07) is 5.08. The molecule has 0 spiro atoms. The molecule has 0 aliphatic heterocycles. The van der Waals surface area contributed by atoms with Gasteiger partial charge >= 0.3 is 0 Å². The molecule has 0 bridgehead atoms. The van der Waals surface area contributed by atoms with Crippen molar-refractivity contribution in [1.29, 1.82) is 0 Å². The van der Waals surface area contributed by atoms with Crippen molar-refractivity contribution < 1.29 is 4.79 Å². The van der Waals surface area contributed by atoms with Crippen LogP contribution >= 0.6 is 27.5 Å². The smallest absolute Gasteiger partial charge is 0.147 e. The maximum atomic E-state index is 11.1. The van der Waals surface area contributed by atoms with Gasteiger partial charge in [-0.15, -0.1) is 0 Å². The second-order valence-corrected chi connectivity index (χ2v) is 4.08. The van der Waals surface area contributed by atoms with E-state index in [9.17, 15) is 4.79 Å². The highest BCUT2D eigenvalue weighted by atomic mass is 79.9. The summed E-state index contributed by atoms with van der Waals surface area (Å²) in [6.45, 7) is 1.50. The monoisotopic (exact) mass is 261 g/mol. The fourth-order valence-electron chi connectivity index (χ4n) is 0.975. The molecule has 13 heavy (non-hydrogen) atoms. The second kappa shape index (κ2) is 4.11. The second-order valence-electron chi connectivity index (χ2n) is 2.75. The first-order valence-electron chi connectivity index (χ1n) is 3.72. The van der Waals surface area contributed by atoms with Gasteiger partial charge in [0.25, 0.3) is 0 Å². The van der Waals surface area contributed by atoms with Gasteiger partial charge in [-0.2, -0.15) is 0 Å². The molecule has 2 N–H and O–H groups in total. The van der Waals surface area contributed by atoms with Crippen LogP contribution in [0.25, 0.3) is 0 Å². The van der Waals surface area contributed by atoms with E-state index in [0.717, 1.165) is 0 Å². The number of carbonyl (C=O) groups excluding carboxylic acids is 1. The topological polar surface area (TPSA) is 43.1 Å². The Balaban J connectivity index is 3.12. The largest absolute Gasteiger partial charge is 0.399 e. The van der Waals surface area contributed by atoms with E-state index in [0.29, 0.717) is 16.3 Å². The van der Waals surface area contributed by atoms with E-state index < -0.39 is 0 Å². The molecule has 0 radical (unpaired) electrons. The van der Waals surface area contributed by atoms with Crippen LogP contribution in [0.3, 0.4) is 0 Å². The van der Waals surface area contributed by atoms with Crippen LogP contribution < -0.4 is 5.73 Å². The maximum absolute atomic E-state index is 11.1. The van der Waals surface area contributed by atoms with Crippen molar-refractivity contribution in [1.82, 2.24) is 0 Å². The first-order valence-corrected chi connectivity index (χ1v) is 5.01. The highest BCUT2D eigenvalue weighted by Gasteiger charge is 2.15. The van der Waals surface area contributed by atoms with Gasteiger partial charge < -0.3 is 5.73 Å². The summed E-state index contributed by atoms with van der Waals surface area (Å²) in [6.07, 6.45) is 0. The summed E-state index contributed by atoms with van der Waals surface area (Å²) in [5.74, 6) is 0.00694. The molecule has 0 heterocycles. The fourth-order valence-corrected chi connectivity index (χ4v) is 1.71. The molecule has 1 unspecified atom stereocenters. The molecule has 0 saturated heterocycles. The number of anilines is 1. The molecule has 4 heteroatoms. The molecule has 1 aromatic rings. The van der Waals surface area contributed by atoms with Crippen LogP contribution in [0.4, 0.5) is 5.69 Å². The minimum absolute atomic E-state index is 0.00694. The first-order chi connectivity index (χ1) is 6.02.